The predicted molar refractivity (Wildman–Crippen MR) is 89.4 cm³/mol. The van der Waals surface area contributed by atoms with E-state index in [0.29, 0.717) is 18.5 Å². The van der Waals surface area contributed by atoms with E-state index in [2.05, 4.69) is 5.32 Å². The summed E-state index contributed by atoms with van der Waals surface area (Å²) in [5.41, 5.74) is -0.132. The molecule has 0 atom stereocenters. The second kappa shape index (κ2) is 7.22. The van der Waals surface area contributed by atoms with Crippen molar-refractivity contribution in [3.8, 4) is 0 Å². The van der Waals surface area contributed by atoms with Crippen molar-refractivity contribution in [2.24, 2.45) is 0 Å². The van der Waals surface area contributed by atoms with Gasteiger partial charge in [0.15, 0.2) is 12.4 Å². The predicted octanol–water partition coefficient (Wildman–Crippen LogP) is 3.63. The average Bonchev–Trinajstić information content (AvgIpc) is 2.64. The van der Waals surface area contributed by atoms with Crippen molar-refractivity contribution in [1.29, 1.82) is 0 Å². The molecule has 0 aromatic heterocycles. The second-order valence-corrected chi connectivity index (χ2v) is 5.96. The summed E-state index contributed by atoms with van der Waals surface area (Å²) in [6.45, 7) is -0.684. The number of alkyl halides is 3. The summed E-state index contributed by atoms with van der Waals surface area (Å²) in [6.07, 6.45) is -3.93. The van der Waals surface area contributed by atoms with Crippen LogP contribution >= 0.6 is 0 Å². The number of nitrogens with one attached hydrogen (secondary N) is 1. The lowest BCUT2D eigenvalue weighted by Gasteiger charge is -2.17. The maximum absolute atomic E-state index is 13.0. The molecule has 0 saturated heterocycles. The first-order valence-electron chi connectivity index (χ1n) is 8.05. The van der Waals surface area contributed by atoms with Crippen LogP contribution in [0.2, 0.25) is 0 Å². The van der Waals surface area contributed by atoms with Gasteiger partial charge in [-0.2, -0.15) is 13.2 Å². The Balaban J connectivity index is 1.70. The van der Waals surface area contributed by atoms with Gasteiger partial charge in [0, 0.05) is 17.7 Å². The number of amides is 1. The highest BCUT2D eigenvalue weighted by atomic mass is 19.4. The van der Waals surface area contributed by atoms with E-state index >= 15 is 0 Å². The molecule has 1 aliphatic heterocycles. The van der Waals surface area contributed by atoms with Crippen LogP contribution in [0.25, 0.3) is 0 Å². The van der Waals surface area contributed by atoms with Crippen LogP contribution in [0.3, 0.4) is 0 Å². The molecule has 2 aromatic rings. The Morgan fingerprint density at radius 2 is 1.81 bits per heavy atom. The van der Waals surface area contributed by atoms with Crippen molar-refractivity contribution in [2.45, 2.75) is 19.0 Å². The van der Waals surface area contributed by atoms with Crippen molar-refractivity contribution in [2.75, 3.05) is 11.9 Å². The fourth-order valence-electron chi connectivity index (χ4n) is 2.76. The zero-order chi connectivity index (χ0) is 19.6. The van der Waals surface area contributed by atoms with E-state index in [1.165, 1.54) is 12.1 Å². The van der Waals surface area contributed by atoms with Gasteiger partial charge in [-0.05, 0) is 42.3 Å². The van der Waals surface area contributed by atoms with Crippen molar-refractivity contribution >= 4 is 23.3 Å². The number of aryl methyl sites for hydroxylation is 1. The summed E-state index contributed by atoms with van der Waals surface area (Å²) in [5, 5.41) is 2.68. The summed E-state index contributed by atoms with van der Waals surface area (Å²) in [4.78, 5) is 35.6. The first-order valence-corrected chi connectivity index (χ1v) is 8.05. The van der Waals surface area contributed by atoms with Crippen LogP contribution in [0.5, 0.6) is 0 Å². The van der Waals surface area contributed by atoms with Crippen molar-refractivity contribution in [3.05, 3.63) is 64.7 Å². The van der Waals surface area contributed by atoms with Crippen molar-refractivity contribution in [1.82, 2.24) is 0 Å². The van der Waals surface area contributed by atoms with Gasteiger partial charge in [-0.15, -0.1) is 0 Å². The summed E-state index contributed by atoms with van der Waals surface area (Å²) in [5.74, 6) is -1.88. The Morgan fingerprint density at radius 3 is 2.56 bits per heavy atom. The molecule has 1 aliphatic rings. The molecular formula is C19H14F3NO4. The first kappa shape index (κ1) is 18.6. The third-order valence-corrected chi connectivity index (χ3v) is 4.11. The Kier molecular flexibility index (Phi) is 4.98. The highest BCUT2D eigenvalue weighted by Crippen LogP contribution is 2.32. The van der Waals surface area contributed by atoms with Gasteiger partial charge in [0.05, 0.1) is 11.1 Å². The van der Waals surface area contributed by atoms with Gasteiger partial charge in [0.1, 0.15) is 0 Å². The second-order valence-electron chi connectivity index (χ2n) is 5.96. The Labute approximate surface area is 152 Å². The Hall–Kier alpha value is -3.16. The largest absolute Gasteiger partial charge is 0.454 e. The molecule has 0 aliphatic carbocycles. The van der Waals surface area contributed by atoms with E-state index in [0.717, 1.165) is 23.8 Å². The molecule has 27 heavy (non-hydrogen) atoms. The minimum atomic E-state index is -4.71. The van der Waals surface area contributed by atoms with E-state index in [1.807, 2.05) is 0 Å². The molecule has 0 saturated carbocycles. The molecule has 5 nitrogen and oxygen atoms in total. The topological polar surface area (TPSA) is 72.5 Å². The number of anilines is 1. The number of rotatable bonds is 4. The smallest absolute Gasteiger partial charge is 0.417 e. The fourth-order valence-corrected chi connectivity index (χ4v) is 2.76. The van der Waals surface area contributed by atoms with Gasteiger partial charge < -0.3 is 10.1 Å². The Morgan fingerprint density at radius 1 is 1.07 bits per heavy atom. The maximum Gasteiger partial charge on any atom is 0.417 e. The van der Waals surface area contributed by atoms with Crippen LogP contribution in [0.15, 0.2) is 42.5 Å². The van der Waals surface area contributed by atoms with Gasteiger partial charge in [-0.25, -0.2) is 4.79 Å². The summed E-state index contributed by atoms with van der Waals surface area (Å²) in [7, 11) is 0. The number of benzene rings is 2. The molecule has 0 bridgehead atoms. The zero-order valence-corrected chi connectivity index (χ0v) is 13.9. The summed E-state index contributed by atoms with van der Waals surface area (Å²) >= 11 is 0. The van der Waals surface area contributed by atoms with E-state index in [1.54, 1.807) is 12.1 Å². The number of halogens is 3. The number of esters is 1. The molecular weight excluding hydrogens is 363 g/mol. The van der Waals surface area contributed by atoms with Crippen LogP contribution in [0.4, 0.5) is 18.9 Å². The highest BCUT2D eigenvalue weighted by Gasteiger charge is 2.35. The van der Waals surface area contributed by atoms with Crippen LogP contribution in [-0.2, 0) is 22.1 Å². The highest BCUT2D eigenvalue weighted by molar-refractivity contribution is 6.01. The summed E-state index contributed by atoms with van der Waals surface area (Å²) < 4.78 is 43.7. The normalized spacial score (nSPS) is 13.5. The fraction of sp³-hybridized carbons (Fsp3) is 0.211. The number of ether oxygens (including phenoxy) is 1. The number of carbonyl (C=O) groups is 3. The molecule has 1 heterocycles. The molecule has 0 radical (unpaired) electrons. The number of fused-ring (bicyclic) bond motifs is 1. The first-order chi connectivity index (χ1) is 12.8. The molecule has 140 valence electrons. The van der Waals surface area contributed by atoms with Gasteiger partial charge in [0.25, 0.3) is 0 Å². The average molecular weight is 377 g/mol. The maximum atomic E-state index is 13.0. The lowest BCUT2D eigenvalue weighted by atomic mass is 9.99. The van der Waals surface area contributed by atoms with Gasteiger partial charge >= 0.3 is 12.1 Å². The lowest BCUT2D eigenvalue weighted by molar-refractivity contribution is -0.138. The van der Waals surface area contributed by atoms with Crippen LogP contribution in [-0.4, -0.2) is 24.3 Å². The minimum Gasteiger partial charge on any atom is -0.454 e. The molecule has 3 rings (SSSR count). The van der Waals surface area contributed by atoms with Crippen LogP contribution in [0.1, 0.15) is 38.3 Å². The standard InChI is InChI=1S/C19H14F3NO4/c20-19(21,22)14-4-2-1-3-13(14)18(26)27-10-16(24)12-5-7-15-11(9-12)6-8-17(25)23-15/h1-5,7,9H,6,8,10H2,(H,23,25). The third kappa shape index (κ3) is 4.16. The molecule has 2 aromatic carbocycles. The molecule has 0 spiro atoms. The number of hydrogen-bond acceptors (Lipinski definition) is 4. The van der Waals surface area contributed by atoms with E-state index < -0.39 is 35.7 Å². The van der Waals surface area contributed by atoms with Crippen molar-refractivity contribution in [3.63, 3.8) is 0 Å². The SMILES string of the molecule is O=C1CCc2cc(C(=O)COC(=O)c3ccccc3C(F)(F)F)ccc2N1. The molecule has 1 amide bonds. The van der Waals surface area contributed by atoms with E-state index in [-0.39, 0.29) is 11.5 Å². The van der Waals surface area contributed by atoms with Gasteiger partial charge in [-0.1, -0.05) is 12.1 Å². The number of ketones is 1. The Bertz CT molecular complexity index is 921. The van der Waals surface area contributed by atoms with Crippen LogP contribution < -0.4 is 5.32 Å². The van der Waals surface area contributed by atoms with E-state index in [4.69, 9.17) is 4.74 Å². The number of hydrogen-bond donors (Lipinski definition) is 1. The van der Waals surface area contributed by atoms with Crippen molar-refractivity contribution < 1.29 is 32.3 Å². The number of Topliss-reactive ketones (excluding diaryl/α,β-unsaturated/α-hetero) is 1. The summed E-state index contributed by atoms with van der Waals surface area (Å²) in [6, 6.07) is 8.83. The quantitative estimate of drug-likeness (QED) is 0.652. The molecule has 1 N–H and O–H groups in total. The zero-order valence-electron chi connectivity index (χ0n) is 13.9. The minimum absolute atomic E-state index is 0.112. The molecule has 0 fully saturated rings. The molecule has 0 unspecified atom stereocenters. The monoisotopic (exact) mass is 377 g/mol. The van der Waals surface area contributed by atoms with Crippen LogP contribution in [0, 0.1) is 0 Å². The lowest BCUT2D eigenvalue weighted by Crippen LogP contribution is -2.20. The number of carbonyl (C=O) groups excluding carboxylic acids is 3. The molecule has 8 heteroatoms. The van der Waals surface area contributed by atoms with Gasteiger partial charge in [-0.3, -0.25) is 9.59 Å². The van der Waals surface area contributed by atoms with Gasteiger partial charge in [0.2, 0.25) is 5.91 Å². The van der Waals surface area contributed by atoms with E-state index in [9.17, 15) is 27.6 Å². The third-order valence-electron chi connectivity index (χ3n) is 4.11.